The van der Waals surface area contributed by atoms with Gasteiger partial charge in [0.1, 0.15) is 23.6 Å². The number of rotatable bonds is 5. The molecule has 0 bridgehead atoms. The first-order valence-corrected chi connectivity index (χ1v) is 14.1. The van der Waals surface area contributed by atoms with Gasteiger partial charge in [-0.05, 0) is 65.4 Å². The van der Waals surface area contributed by atoms with Crippen LogP contribution in [0.1, 0.15) is 67.7 Å². The van der Waals surface area contributed by atoms with Crippen molar-refractivity contribution < 1.29 is 17.4 Å². The summed E-state index contributed by atoms with van der Waals surface area (Å²) in [6.45, 7) is 1.67. The van der Waals surface area contributed by atoms with E-state index in [2.05, 4.69) is 21.2 Å². The lowest BCUT2D eigenvalue weighted by molar-refractivity contribution is 0.146. The van der Waals surface area contributed by atoms with Crippen LogP contribution < -0.4 is 10.9 Å². The zero-order valence-electron chi connectivity index (χ0n) is 20.3. The van der Waals surface area contributed by atoms with Crippen LogP contribution in [-0.4, -0.2) is 36.1 Å². The Morgan fingerprint density at radius 3 is 2.50 bits per heavy atom. The number of alkyl halides is 2. The van der Waals surface area contributed by atoms with Crippen LogP contribution in [0.15, 0.2) is 35.4 Å². The van der Waals surface area contributed by atoms with Gasteiger partial charge in [-0.15, -0.1) is 0 Å². The van der Waals surface area contributed by atoms with Gasteiger partial charge in [0.15, 0.2) is 0 Å². The van der Waals surface area contributed by atoms with Crippen molar-refractivity contribution in [1.29, 1.82) is 0 Å². The lowest BCUT2D eigenvalue weighted by Crippen LogP contribution is -2.50. The van der Waals surface area contributed by atoms with Crippen LogP contribution in [0.2, 0.25) is 0 Å². The maximum absolute atomic E-state index is 14.7. The number of fused-ring (bicyclic) bond motifs is 1. The standard InChI is InChI=1S/C26H29F3N4O2S/c1-15(17-5-4-6-18(21(17)27)22(28)29)32-23-20-11-19(25(34)33(2)24(20)31-14-30-23)16-7-9-26(10-8-16)12-36(3,35)13-26/h4-6,11,14-16,22H,3,7-10,12-13H2,1-2H3,(H,30,31,32)/t15-,16?,26?,36?/m1/s1. The summed E-state index contributed by atoms with van der Waals surface area (Å²) >= 11 is 0. The van der Waals surface area contributed by atoms with Crippen LogP contribution in [0.5, 0.6) is 0 Å². The Hall–Kier alpha value is -2.88. The molecule has 2 aromatic heterocycles. The number of hydrogen-bond donors (Lipinski definition) is 1. The van der Waals surface area contributed by atoms with Gasteiger partial charge in [-0.3, -0.25) is 13.6 Å². The Kier molecular flexibility index (Phi) is 6.13. The molecule has 1 saturated heterocycles. The summed E-state index contributed by atoms with van der Waals surface area (Å²) in [5.74, 6) is 4.69. The molecule has 1 aromatic carbocycles. The van der Waals surface area contributed by atoms with Crippen molar-refractivity contribution in [2.75, 3.05) is 16.8 Å². The molecule has 10 heteroatoms. The minimum atomic E-state index is -2.91. The van der Waals surface area contributed by atoms with Crippen molar-refractivity contribution in [2.24, 2.45) is 12.5 Å². The highest BCUT2D eigenvalue weighted by molar-refractivity contribution is 8.01. The fourth-order valence-electron chi connectivity index (χ4n) is 5.96. The Balaban J connectivity index is 1.46. The van der Waals surface area contributed by atoms with Gasteiger partial charge in [-0.2, -0.15) is 0 Å². The molecule has 36 heavy (non-hydrogen) atoms. The fraction of sp³-hybridized carbons (Fsp3) is 0.462. The molecule has 1 saturated carbocycles. The van der Waals surface area contributed by atoms with E-state index in [1.54, 1.807) is 14.0 Å². The van der Waals surface area contributed by atoms with Crippen molar-refractivity contribution in [3.8, 4) is 0 Å². The zero-order valence-corrected chi connectivity index (χ0v) is 21.1. The van der Waals surface area contributed by atoms with E-state index in [1.807, 2.05) is 6.07 Å². The predicted octanol–water partition coefficient (Wildman–Crippen LogP) is 4.95. The second-order valence-corrected chi connectivity index (χ2v) is 12.9. The molecule has 192 valence electrons. The summed E-state index contributed by atoms with van der Waals surface area (Å²) < 4.78 is 54.8. The number of benzene rings is 1. The topological polar surface area (TPSA) is 76.9 Å². The monoisotopic (exact) mass is 518 g/mol. The highest BCUT2D eigenvalue weighted by Gasteiger charge is 2.46. The number of anilines is 1. The van der Waals surface area contributed by atoms with Crippen molar-refractivity contribution in [3.63, 3.8) is 0 Å². The SMILES string of the molecule is C=S1(=O)CC2(CCC(c3cc4c(N[C@H](C)c5cccc(C(F)F)c5F)ncnc4n(C)c3=O)CC2)C1. The Morgan fingerprint density at radius 1 is 1.19 bits per heavy atom. The van der Waals surface area contributed by atoms with Gasteiger partial charge in [0, 0.05) is 29.7 Å². The summed E-state index contributed by atoms with van der Waals surface area (Å²) in [4.78, 5) is 21.9. The summed E-state index contributed by atoms with van der Waals surface area (Å²) in [6, 6.07) is 5.10. The summed E-state index contributed by atoms with van der Waals surface area (Å²) in [7, 11) is -0.264. The van der Waals surface area contributed by atoms with Gasteiger partial charge in [0.05, 0.1) is 17.0 Å². The number of aryl methyl sites for hydroxylation is 1. The van der Waals surface area contributed by atoms with Gasteiger partial charge in [-0.25, -0.2) is 23.1 Å². The highest BCUT2D eigenvalue weighted by Crippen LogP contribution is 2.49. The first-order valence-electron chi connectivity index (χ1n) is 12.0. The summed E-state index contributed by atoms with van der Waals surface area (Å²) in [6.07, 6.45) is 1.89. The van der Waals surface area contributed by atoms with Crippen LogP contribution in [0.3, 0.4) is 0 Å². The summed E-state index contributed by atoms with van der Waals surface area (Å²) in [5, 5.41) is 3.74. The molecular weight excluding hydrogens is 489 g/mol. The van der Waals surface area contributed by atoms with Crippen LogP contribution in [0, 0.1) is 11.2 Å². The maximum atomic E-state index is 14.7. The van der Waals surface area contributed by atoms with Crippen molar-refractivity contribution in [2.45, 2.75) is 51.0 Å². The zero-order chi connectivity index (χ0) is 25.8. The van der Waals surface area contributed by atoms with E-state index in [-0.39, 0.29) is 22.5 Å². The molecule has 2 aliphatic rings. The minimum absolute atomic E-state index is 0.0610. The molecule has 3 aromatic rings. The lowest BCUT2D eigenvalue weighted by Gasteiger charge is -2.48. The van der Waals surface area contributed by atoms with Gasteiger partial charge >= 0.3 is 0 Å². The lowest BCUT2D eigenvalue weighted by atomic mass is 9.70. The molecule has 0 amide bonds. The smallest absolute Gasteiger partial charge is 0.266 e. The predicted molar refractivity (Wildman–Crippen MR) is 137 cm³/mol. The molecule has 0 radical (unpaired) electrons. The van der Waals surface area contributed by atoms with E-state index in [1.165, 1.54) is 23.0 Å². The third-order valence-electron chi connectivity index (χ3n) is 7.77. The van der Waals surface area contributed by atoms with Crippen LogP contribution >= 0.6 is 0 Å². The van der Waals surface area contributed by atoms with E-state index in [0.29, 0.717) is 33.9 Å². The molecule has 1 aliphatic heterocycles. The molecule has 1 spiro atoms. The van der Waals surface area contributed by atoms with Crippen molar-refractivity contribution in [1.82, 2.24) is 14.5 Å². The Bertz CT molecular complexity index is 1480. The Labute approximate surface area is 208 Å². The average molecular weight is 519 g/mol. The first kappa shape index (κ1) is 24.8. The quantitative estimate of drug-likeness (QED) is 0.484. The maximum Gasteiger partial charge on any atom is 0.266 e. The fourth-order valence-corrected chi connectivity index (χ4v) is 8.68. The van der Waals surface area contributed by atoms with Crippen molar-refractivity contribution in [3.05, 3.63) is 63.5 Å². The third kappa shape index (κ3) is 4.29. The average Bonchev–Trinajstić information content (AvgIpc) is 2.81. The first-order chi connectivity index (χ1) is 17.0. The third-order valence-corrected chi connectivity index (χ3v) is 10.0. The van der Waals surface area contributed by atoms with E-state index in [9.17, 15) is 22.2 Å². The van der Waals surface area contributed by atoms with E-state index >= 15 is 0 Å². The van der Waals surface area contributed by atoms with Gasteiger partial charge in [-0.1, -0.05) is 18.2 Å². The highest BCUT2D eigenvalue weighted by atomic mass is 32.2. The van der Waals surface area contributed by atoms with Gasteiger partial charge < -0.3 is 5.32 Å². The van der Waals surface area contributed by atoms with E-state index < -0.39 is 33.4 Å². The number of pyridine rings is 1. The Morgan fingerprint density at radius 2 is 1.86 bits per heavy atom. The van der Waals surface area contributed by atoms with Crippen molar-refractivity contribution >= 4 is 32.2 Å². The number of halogens is 3. The molecule has 6 nitrogen and oxygen atoms in total. The number of nitrogens with one attached hydrogen (secondary N) is 1. The summed E-state index contributed by atoms with van der Waals surface area (Å²) in [5.41, 5.74) is 0.536. The second-order valence-electron chi connectivity index (χ2n) is 10.4. The van der Waals surface area contributed by atoms with Gasteiger partial charge in [0.25, 0.3) is 12.0 Å². The van der Waals surface area contributed by atoms with Crippen LogP contribution in [0.25, 0.3) is 11.0 Å². The molecule has 0 unspecified atom stereocenters. The van der Waals surface area contributed by atoms with Crippen LogP contribution in [-0.2, 0) is 16.6 Å². The largest absolute Gasteiger partial charge is 0.363 e. The molecule has 1 aliphatic carbocycles. The van der Waals surface area contributed by atoms with E-state index in [4.69, 9.17) is 0 Å². The van der Waals surface area contributed by atoms with E-state index in [0.717, 1.165) is 31.7 Å². The molecule has 5 rings (SSSR count). The normalized spacial score (nSPS) is 26.8. The molecule has 3 heterocycles. The number of hydrogen-bond acceptors (Lipinski definition) is 5. The minimum Gasteiger partial charge on any atom is -0.363 e. The molecule has 1 N–H and O–H groups in total. The number of aromatic nitrogens is 3. The van der Waals surface area contributed by atoms with Crippen LogP contribution in [0.4, 0.5) is 19.0 Å². The number of nitrogens with zero attached hydrogens (tertiary/aromatic N) is 3. The van der Waals surface area contributed by atoms with Gasteiger partial charge in [0.2, 0.25) is 0 Å². The molecule has 1 atom stereocenters. The second kappa shape index (κ2) is 8.90. The molecular formula is C26H29F3N4O2S. The molecule has 2 fully saturated rings.